The van der Waals surface area contributed by atoms with E-state index in [0.29, 0.717) is 25.2 Å². The zero-order valence-corrected chi connectivity index (χ0v) is 20.4. The molecule has 5 N–H and O–H groups in total. The normalized spacial score (nSPS) is 19.0. The number of hydrogen-bond donors (Lipinski definition) is 4. The van der Waals surface area contributed by atoms with Crippen LogP contribution in [0, 0.1) is 5.41 Å². The van der Waals surface area contributed by atoms with E-state index in [1.54, 1.807) is 18.0 Å². The first-order valence-corrected chi connectivity index (χ1v) is 11.7. The van der Waals surface area contributed by atoms with Crippen LogP contribution in [0.25, 0.3) is 10.9 Å². The fourth-order valence-corrected chi connectivity index (χ4v) is 3.84. The lowest BCUT2D eigenvalue weighted by atomic mass is 9.92. The molecule has 184 valence electrons. The van der Waals surface area contributed by atoms with Crippen LogP contribution in [-0.2, 0) is 14.4 Å². The molecule has 3 rings (SSSR count). The van der Waals surface area contributed by atoms with Gasteiger partial charge in [-0.3, -0.25) is 19.4 Å². The van der Waals surface area contributed by atoms with Gasteiger partial charge in [-0.15, -0.1) is 0 Å². The van der Waals surface area contributed by atoms with E-state index in [1.165, 1.54) is 0 Å². The van der Waals surface area contributed by atoms with Gasteiger partial charge in [-0.2, -0.15) is 0 Å². The van der Waals surface area contributed by atoms with Gasteiger partial charge in [0.15, 0.2) is 0 Å². The molecule has 9 heteroatoms. The summed E-state index contributed by atoms with van der Waals surface area (Å²) in [4.78, 5) is 44.1. The molecule has 3 amide bonds. The highest BCUT2D eigenvalue weighted by atomic mass is 16.2. The largest absolute Gasteiger partial charge is 0.351 e. The molecule has 0 saturated carbocycles. The quantitative estimate of drug-likeness (QED) is 0.466. The Morgan fingerprint density at radius 1 is 1.26 bits per heavy atom. The smallest absolute Gasteiger partial charge is 0.244 e. The number of nitrogens with zero attached hydrogens (tertiary/aromatic N) is 2. The maximum atomic E-state index is 13.3. The summed E-state index contributed by atoms with van der Waals surface area (Å²) in [5.41, 5.74) is 7.07. The van der Waals surface area contributed by atoms with E-state index in [9.17, 15) is 14.4 Å². The average Bonchev–Trinajstić information content (AvgIpc) is 3.23. The lowest BCUT2D eigenvalue weighted by Gasteiger charge is -2.28. The average molecular weight is 469 g/mol. The number of carbonyl (C=O) groups excluding carboxylic acids is 3. The summed E-state index contributed by atoms with van der Waals surface area (Å²) in [6.07, 6.45) is 2.83. The van der Waals surface area contributed by atoms with Crippen LogP contribution >= 0.6 is 0 Å². The number of amides is 3. The third-order valence-electron chi connectivity index (χ3n) is 5.84. The van der Waals surface area contributed by atoms with Crippen LogP contribution in [0.1, 0.15) is 40.5 Å². The van der Waals surface area contributed by atoms with E-state index in [0.717, 1.165) is 17.3 Å². The van der Waals surface area contributed by atoms with Crippen molar-refractivity contribution in [1.82, 2.24) is 20.5 Å². The number of nitrogens with two attached hydrogens (primary N) is 1. The van der Waals surface area contributed by atoms with Crippen LogP contribution in [0.4, 0.5) is 5.69 Å². The Kier molecular flexibility index (Phi) is 8.22. The lowest BCUT2D eigenvalue weighted by molar-refractivity contribution is -0.136. The van der Waals surface area contributed by atoms with Crippen molar-refractivity contribution in [3.05, 3.63) is 36.5 Å². The van der Waals surface area contributed by atoms with E-state index in [2.05, 4.69) is 41.7 Å². The molecule has 1 aromatic carbocycles. The zero-order chi connectivity index (χ0) is 24.9. The van der Waals surface area contributed by atoms with Gasteiger partial charge in [0.2, 0.25) is 17.7 Å². The van der Waals surface area contributed by atoms with E-state index in [4.69, 9.17) is 5.73 Å². The van der Waals surface area contributed by atoms with Gasteiger partial charge in [-0.1, -0.05) is 39.0 Å². The van der Waals surface area contributed by atoms with Crippen molar-refractivity contribution in [3.63, 3.8) is 0 Å². The molecule has 2 aromatic rings. The van der Waals surface area contributed by atoms with Gasteiger partial charge in [0.25, 0.3) is 0 Å². The number of fused-ring (bicyclic) bond motifs is 1. The molecule has 0 bridgehead atoms. The van der Waals surface area contributed by atoms with Crippen molar-refractivity contribution in [2.24, 2.45) is 11.1 Å². The second-order valence-corrected chi connectivity index (χ2v) is 10.2. The van der Waals surface area contributed by atoms with Gasteiger partial charge < -0.3 is 26.6 Å². The molecule has 1 aliphatic heterocycles. The number of anilines is 1. The number of carbonyl (C=O) groups is 3. The van der Waals surface area contributed by atoms with E-state index >= 15 is 0 Å². The van der Waals surface area contributed by atoms with Gasteiger partial charge in [0, 0.05) is 24.5 Å². The first-order valence-electron chi connectivity index (χ1n) is 11.7. The minimum atomic E-state index is -0.605. The third kappa shape index (κ3) is 7.23. The number of para-hydroxylation sites is 1. The Morgan fingerprint density at radius 2 is 2.00 bits per heavy atom. The minimum Gasteiger partial charge on any atom is -0.351 e. The SMILES string of the molecule is CC(N)C(=O)NC1CNC(C(=O)N(CCC(C)(C)C)CC(=O)Nc2cnc3ccccc3c2)C1. The molecule has 3 atom stereocenters. The van der Waals surface area contributed by atoms with Gasteiger partial charge in [0.05, 0.1) is 36.0 Å². The maximum Gasteiger partial charge on any atom is 0.244 e. The number of hydrogen-bond acceptors (Lipinski definition) is 6. The van der Waals surface area contributed by atoms with Crippen molar-refractivity contribution >= 4 is 34.3 Å². The molecule has 3 unspecified atom stereocenters. The Bertz CT molecular complexity index is 1030. The predicted molar refractivity (Wildman–Crippen MR) is 133 cm³/mol. The number of rotatable bonds is 8. The molecule has 1 aromatic heterocycles. The molecule has 1 aliphatic rings. The molecular weight excluding hydrogens is 432 g/mol. The zero-order valence-electron chi connectivity index (χ0n) is 20.4. The molecule has 2 heterocycles. The highest BCUT2D eigenvalue weighted by Gasteiger charge is 2.34. The van der Waals surface area contributed by atoms with Crippen LogP contribution < -0.4 is 21.7 Å². The molecule has 34 heavy (non-hydrogen) atoms. The second kappa shape index (κ2) is 10.9. The van der Waals surface area contributed by atoms with Crippen LogP contribution in [0.3, 0.4) is 0 Å². The van der Waals surface area contributed by atoms with Gasteiger partial charge in [0.1, 0.15) is 0 Å². The van der Waals surface area contributed by atoms with Gasteiger partial charge in [-0.25, -0.2) is 0 Å². The number of nitrogens with one attached hydrogen (secondary N) is 3. The number of benzene rings is 1. The number of aromatic nitrogens is 1. The van der Waals surface area contributed by atoms with Crippen molar-refractivity contribution in [2.75, 3.05) is 25.0 Å². The standard InChI is InChI=1S/C25H36N6O3/c1-16(26)23(33)30-19-12-21(28-14-19)24(34)31(10-9-25(2,3)4)15-22(32)29-18-11-17-7-5-6-8-20(17)27-13-18/h5-8,11,13,16,19,21,28H,9-10,12,14-15,26H2,1-4H3,(H,29,32)(H,30,33). The van der Waals surface area contributed by atoms with Crippen molar-refractivity contribution < 1.29 is 14.4 Å². The van der Waals surface area contributed by atoms with Crippen LogP contribution in [-0.4, -0.2) is 65.4 Å². The molecular formula is C25H36N6O3. The summed E-state index contributed by atoms with van der Waals surface area (Å²) >= 11 is 0. The van der Waals surface area contributed by atoms with Crippen molar-refractivity contribution in [2.45, 2.75) is 58.7 Å². The highest BCUT2D eigenvalue weighted by Crippen LogP contribution is 2.20. The molecule has 0 radical (unpaired) electrons. The maximum absolute atomic E-state index is 13.3. The summed E-state index contributed by atoms with van der Waals surface area (Å²) in [5, 5.41) is 9.84. The first kappa shape index (κ1) is 25.6. The van der Waals surface area contributed by atoms with Crippen LogP contribution in [0.15, 0.2) is 36.5 Å². The van der Waals surface area contributed by atoms with E-state index in [1.807, 2.05) is 30.3 Å². The Labute approximate surface area is 200 Å². The molecule has 9 nitrogen and oxygen atoms in total. The summed E-state index contributed by atoms with van der Waals surface area (Å²) < 4.78 is 0. The van der Waals surface area contributed by atoms with E-state index in [-0.39, 0.29) is 35.7 Å². The lowest BCUT2D eigenvalue weighted by Crippen LogP contribution is -2.47. The van der Waals surface area contributed by atoms with Gasteiger partial charge >= 0.3 is 0 Å². The monoisotopic (exact) mass is 468 g/mol. The third-order valence-corrected chi connectivity index (χ3v) is 5.84. The fourth-order valence-electron chi connectivity index (χ4n) is 3.84. The highest BCUT2D eigenvalue weighted by molar-refractivity contribution is 5.96. The summed E-state index contributed by atoms with van der Waals surface area (Å²) in [7, 11) is 0. The molecule has 0 spiro atoms. The van der Waals surface area contributed by atoms with E-state index < -0.39 is 12.1 Å². The molecule has 1 fully saturated rings. The first-order chi connectivity index (χ1) is 16.0. The van der Waals surface area contributed by atoms with Crippen molar-refractivity contribution in [3.8, 4) is 0 Å². The fraction of sp³-hybridized carbons (Fsp3) is 0.520. The summed E-state index contributed by atoms with van der Waals surface area (Å²) in [6.45, 7) is 8.81. The molecule has 1 saturated heterocycles. The second-order valence-electron chi connectivity index (χ2n) is 10.2. The topological polar surface area (TPSA) is 129 Å². The van der Waals surface area contributed by atoms with Crippen molar-refractivity contribution in [1.29, 1.82) is 0 Å². The van der Waals surface area contributed by atoms with Crippen LogP contribution in [0.2, 0.25) is 0 Å². The predicted octanol–water partition coefficient (Wildman–Crippen LogP) is 1.63. The Hall–Kier alpha value is -3.04. The summed E-state index contributed by atoms with van der Waals surface area (Å²) in [6, 6.07) is 8.30. The summed E-state index contributed by atoms with van der Waals surface area (Å²) in [5.74, 6) is -0.666. The van der Waals surface area contributed by atoms with Gasteiger partial charge in [-0.05, 0) is 37.3 Å². The minimum absolute atomic E-state index is 0.00809. The Morgan fingerprint density at radius 3 is 2.71 bits per heavy atom. The molecule has 0 aliphatic carbocycles. The van der Waals surface area contributed by atoms with Crippen LogP contribution in [0.5, 0.6) is 0 Å². The Balaban J connectivity index is 1.65. The number of pyridine rings is 1.